The maximum Gasteiger partial charge on any atom is 0.0802 e. The van der Waals surface area contributed by atoms with Crippen LogP contribution in [0.25, 0.3) is 0 Å². The van der Waals surface area contributed by atoms with Gasteiger partial charge in [-0.3, -0.25) is 4.90 Å². The molecule has 3 nitrogen and oxygen atoms in total. The summed E-state index contributed by atoms with van der Waals surface area (Å²) in [5.41, 5.74) is 0.985. The van der Waals surface area contributed by atoms with Crippen LogP contribution in [0.3, 0.4) is 0 Å². The Morgan fingerprint density at radius 3 is 2.83 bits per heavy atom. The summed E-state index contributed by atoms with van der Waals surface area (Å²) in [6.07, 6.45) is 0.388. The molecule has 1 saturated heterocycles. The molecule has 0 amide bonds. The van der Waals surface area contributed by atoms with Gasteiger partial charge in [0.15, 0.2) is 0 Å². The number of halogens is 1. The Bertz CT molecular complexity index is 369. The van der Waals surface area contributed by atoms with Crippen molar-refractivity contribution >= 4 is 15.9 Å². The van der Waals surface area contributed by atoms with E-state index < -0.39 is 0 Å². The molecular formula is C14H20BrNO2. The highest BCUT2D eigenvalue weighted by Gasteiger charge is 2.19. The lowest BCUT2D eigenvalue weighted by molar-refractivity contribution is -0.00639. The fraction of sp³-hybridized carbons (Fsp3) is 0.571. The molecule has 1 fully saturated rings. The number of hydrogen-bond donors (Lipinski definition) is 1. The Hall–Kier alpha value is -0.420. The van der Waals surface area contributed by atoms with Gasteiger partial charge in [-0.15, -0.1) is 0 Å². The lowest BCUT2D eigenvalue weighted by Crippen LogP contribution is -2.44. The number of aliphatic hydroxyl groups is 1. The van der Waals surface area contributed by atoms with Crippen molar-refractivity contribution in [2.24, 2.45) is 0 Å². The van der Waals surface area contributed by atoms with Gasteiger partial charge >= 0.3 is 0 Å². The van der Waals surface area contributed by atoms with Crippen molar-refractivity contribution in [3.8, 4) is 0 Å². The van der Waals surface area contributed by atoms with Gasteiger partial charge in [0, 0.05) is 23.6 Å². The second-order valence-corrected chi connectivity index (χ2v) is 5.73. The topological polar surface area (TPSA) is 32.7 Å². The van der Waals surface area contributed by atoms with Gasteiger partial charge in [0.1, 0.15) is 0 Å². The van der Waals surface area contributed by atoms with E-state index in [4.69, 9.17) is 4.74 Å². The van der Waals surface area contributed by atoms with E-state index in [1.165, 1.54) is 0 Å². The number of nitrogens with zero attached hydrogens (tertiary/aromatic N) is 1. The van der Waals surface area contributed by atoms with E-state index >= 15 is 0 Å². The monoisotopic (exact) mass is 313 g/mol. The van der Waals surface area contributed by atoms with Crippen LogP contribution in [0, 0.1) is 0 Å². The second kappa shape index (κ2) is 6.66. The molecule has 1 aliphatic heterocycles. The van der Waals surface area contributed by atoms with E-state index in [0.717, 1.165) is 42.8 Å². The molecule has 2 unspecified atom stereocenters. The number of ether oxygens (including phenoxy) is 1. The van der Waals surface area contributed by atoms with Crippen molar-refractivity contribution in [1.82, 2.24) is 4.90 Å². The van der Waals surface area contributed by atoms with Crippen LogP contribution in [0.15, 0.2) is 28.7 Å². The van der Waals surface area contributed by atoms with Gasteiger partial charge in [-0.2, -0.15) is 0 Å². The van der Waals surface area contributed by atoms with Crippen LogP contribution >= 0.6 is 15.9 Å². The van der Waals surface area contributed by atoms with E-state index in [1.807, 2.05) is 24.3 Å². The van der Waals surface area contributed by atoms with Crippen molar-refractivity contribution in [2.75, 3.05) is 26.3 Å². The molecule has 1 heterocycles. The predicted octanol–water partition coefficient (Wildman–Crippen LogP) is 2.59. The first-order valence-electron chi connectivity index (χ1n) is 6.42. The zero-order valence-electron chi connectivity index (χ0n) is 10.7. The maximum absolute atomic E-state index is 10.2. The zero-order valence-corrected chi connectivity index (χ0v) is 12.3. The molecule has 1 aliphatic rings. The van der Waals surface area contributed by atoms with Gasteiger partial charge < -0.3 is 9.84 Å². The Kier molecular flexibility index (Phi) is 5.18. The summed E-state index contributed by atoms with van der Waals surface area (Å²) in [4.78, 5) is 2.38. The van der Waals surface area contributed by atoms with Gasteiger partial charge in [-0.25, -0.2) is 0 Å². The van der Waals surface area contributed by atoms with Crippen LogP contribution in [-0.2, 0) is 4.74 Å². The van der Waals surface area contributed by atoms with E-state index in [1.54, 1.807) is 0 Å². The van der Waals surface area contributed by atoms with Crippen LogP contribution in [0.1, 0.15) is 25.0 Å². The average Bonchev–Trinajstić information content (AvgIpc) is 2.38. The molecule has 2 rings (SSSR count). The summed E-state index contributed by atoms with van der Waals surface area (Å²) in [5.74, 6) is 0. The van der Waals surface area contributed by atoms with E-state index in [9.17, 15) is 5.11 Å². The molecule has 1 N–H and O–H groups in total. The highest BCUT2D eigenvalue weighted by molar-refractivity contribution is 9.10. The van der Waals surface area contributed by atoms with Gasteiger partial charge in [-0.05, 0) is 31.0 Å². The molecule has 0 saturated carbocycles. The maximum atomic E-state index is 10.2. The molecule has 4 heteroatoms. The van der Waals surface area contributed by atoms with E-state index in [-0.39, 0.29) is 6.10 Å². The lowest BCUT2D eigenvalue weighted by Gasteiger charge is -2.33. The third-order valence-electron chi connectivity index (χ3n) is 3.45. The highest BCUT2D eigenvalue weighted by atomic mass is 79.9. The standard InChI is InChI=1S/C14H20BrNO2/c1-11-10-18-9-8-16(11)7-6-14(17)12-2-4-13(15)5-3-12/h2-5,11,14,17H,6-10H2,1H3. The summed E-state index contributed by atoms with van der Waals surface area (Å²) < 4.78 is 6.45. The Morgan fingerprint density at radius 2 is 2.17 bits per heavy atom. The molecule has 1 aromatic carbocycles. The van der Waals surface area contributed by atoms with Crippen LogP contribution in [0.2, 0.25) is 0 Å². The summed E-state index contributed by atoms with van der Waals surface area (Å²) in [6.45, 7) is 5.66. The van der Waals surface area contributed by atoms with Crippen molar-refractivity contribution in [3.05, 3.63) is 34.3 Å². The summed E-state index contributed by atoms with van der Waals surface area (Å²) in [6, 6.07) is 8.33. The van der Waals surface area contributed by atoms with Crippen LogP contribution in [0.4, 0.5) is 0 Å². The van der Waals surface area contributed by atoms with Crippen LogP contribution in [0.5, 0.6) is 0 Å². The number of rotatable bonds is 4. The molecule has 1 aromatic rings. The molecule has 18 heavy (non-hydrogen) atoms. The largest absolute Gasteiger partial charge is 0.388 e. The second-order valence-electron chi connectivity index (χ2n) is 4.82. The first-order valence-corrected chi connectivity index (χ1v) is 7.21. The minimum absolute atomic E-state index is 0.381. The first kappa shape index (κ1) is 14.0. The quantitative estimate of drug-likeness (QED) is 0.927. The molecule has 2 atom stereocenters. The normalized spacial score (nSPS) is 22.9. The molecular weight excluding hydrogens is 294 g/mol. The Morgan fingerprint density at radius 1 is 1.44 bits per heavy atom. The Balaban J connectivity index is 1.83. The summed E-state index contributed by atoms with van der Waals surface area (Å²) in [7, 11) is 0. The fourth-order valence-corrected chi connectivity index (χ4v) is 2.50. The summed E-state index contributed by atoms with van der Waals surface area (Å²) >= 11 is 3.40. The van der Waals surface area contributed by atoms with E-state index in [2.05, 4.69) is 27.8 Å². The van der Waals surface area contributed by atoms with Crippen molar-refractivity contribution in [1.29, 1.82) is 0 Å². The first-order chi connectivity index (χ1) is 8.66. The third kappa shape index (κ3) is 3.79. The number of morpholine rings is 1. The third-order valence-corrected chi connectivity index (χ3v) is 3.98. The van der Waals surface area contributed by atoms with E-state index in [0.29, 0.717) is 6.04 Å². The van der Waals surface area contributed by atoms with Gasteiger partial charge in [0.25, 0.3) is 0 Å². The van der Waals surface area contributed by atoms with Gasteiger partial charge in [0.2, 0.25) is 0 Å². The molecule has 0 bridgehead atoms. The molecule has 0 aliphatic carbocycles. The average molecular weight is 314 g/mol. The van der Waals surface area contributed by atoms with Crippen LogP contribution in [-0.4, -0.2) is 42.4 Å². The number of benzene rings is 1. The van der Waals surface area contributed by atoms with Gasteiger partial charge in [-0.1, -0.05) is 28.1 Å². The molecule has 0 radical (unpaired) electrons. The smallest absolute Gasteiger partial charge is 0.0802 e. The lowest BCUT2D eigenvalue weighted by atomic mass is 10.1. The Labute approximate surface area is 117 Å². The van der Waals surface area contributed by atoms with Crippen molar-refractivity contribution < 1.29 is 9.84 Å². The highest BCUT2D eigenvalue weighted by Crippen LogP contribution is 2.20. The van der Waals surface area contributed by atoms with Crippen molar-refractivity contribution in [3.63, 3.8) is 0 Å². The SMILES string of the molecule is CC1COCCN1CCC(O)c1ccc(Br)cc1. The summed E-state index contributed by atoms with van der Waals surface area (Å²) in [5, 5.41) is 10.2. The number of aliphatic hydroxyl groups excluding tert-OH is 1. The molecule has 0 spiro atoms. The minimum atomic E-state index is -0.381. The molecule has 100 valence electrons. The minimum Gasteiger partial charge on any atom is -0.388 e. The zero-order chi connectivity index (χ0) is 13.0. The number of hydrogen-bond acceptors (Lipinski definition) is 3. The van der Waals surface area contributed by atoms with Gasteiger partial charge in [0.05, 0.1) is 19.3 Å². The fourth-order valence-electron chi connectivity index (χ4n) is 2.23. The molecule has 0 aromatic heterocycles. The van der Waals surface area contributed by atoms with Crippen LogP contribution < -0.4 is 0 Å². The predicted molar refractivity (Wildman–Crippen MR) is 75.6 cm³/mol. The van der Waals surface area contributed by atoms with Crippen molar-refractivity contribution in [2.45, 2.75) is 25.5 Å².